The van der Waals surface area contributed by atoms with Crippen molar-refractivity contribution in [1.82, 2.24) is 0 Å². The third kappa shape index (κ3) is 3.71. The average molecular weight is 332 g/mol. The van der Waals surface area contributed by atoms with Gasteiger partial charge in [-0.15, -0.1) is 0 Å². The number of benzene rings is 1. The molecule has 0 amide bonds. The van der Waals surface area contributed by atoms with Gasteiger partial charge in [0.25, 0.3) is 0 Å². The van der Waals surface area contributed by atoms with E-state index in [1.54, 1.807) is 12.1 Å². The Morgan fingerprint density at radius 2 is 1.73 bits per heavy atom. The van der Waals surface area contributed by atoms with Gasteiger partial charge in [0.2, 0.25) is 0 Å². The molecule has 22 heavy (non-hydrogen) atoms. The molecule has 1 aromatic carbocycles. The van der Waals surface area contributed by atoms with Gasteiger partial charge < -0.3 is 9.84 Å². The molecule has 2 fully saturated rings. The summed E-state index contributed by atoms with van der Waals surface area (Å²) in [6.07, 6.45) is 0.595. The standard InChI is InChI=1S/C16H19F3O2S/c17-16(18,19)10-21-12-6-4-11(5-7-12)15(20)8-13-2-1-3-14(9-15)22-13/h4-7,13-14,20H,1-3,8-10H2. The van der Waals surface area contributed by atoms with E-state index in [1.807, 2.05) is 11.8 Å². The molecule has 6 heteroatoms. The lowest BCUT2D eigenvalue weighted by atomic mass is 9.80. The second kappa shape index (κ2) is 5.96. The molecule has 2 atom stereocenters. The van der Waals surface area contributed by atoms with Crippen LogP contribution in [-0.4, -0.2) is 28.4 Å². The molecule has 1 aromatic rings. The van der Waals surface area contributed by atoms with Gasteiger partial charge in [-0.3, -0.25) is 0 Å². The summed E-state index contributed by atoms with van der Waals surface area (Å²) in [6.45, 7) is -1.29. The van der Waals surface area contributed by atoms with Crippen molar-refractivity contribution in [3.8, 4) is 5.75 Å². The van der Waals surface area contributed by atoms with Crippen LogP contribution >= 0.6 is 11.8 Å². The van der Waals surface area contributed by atoms with Gasteiger partial charge in [0.1, 0.15) is 5.75 Å². The predicted molar refractivity (Wildman–Crippen MR) is 80.1 cm³/mol. The molecule has 0 aliphatic carbocycles. The highest BCUT2D eigenvalue weighted by Crippen LogP contribution is 2.49. The maximum atomic E-state index is 12.1. The van der Waals surface area contributed by atoms with Gasteiger partial charge in [-0.25, -0.2) is 0 Å². The van der Waals surface area contributed by atoms with Gasteiger partial charge in [0.15, 0.2) is 6.61 Å². The maximum absolute atomic E-state index is 12.1. The van der Waals surface area contributed by atoms with Crippen LogP contribution in [-0.2, 0) is 5.60 Å². The van der Waals surface area contributed by atoms with E-state index in [-0.39, 0.29) is 5.75 Å². The molecule has 2 unspecified atom stereocenters. The molecule has 2 bridgehead atoms. The molecule has 2 aliphatic rings. The summed E-state index contributed by atoms with van der Waals surface area (Å²) in [7, 11) is 0. The predicted octanol–water partition coefficient (Wildman–Crippen LogP) is 4.26. The van der Waals surface area contributed by atoms with Gasteiger partial charge >= 0.3 is 6.18 Å². The first-order chi connectivity index (χ1) is 10.3. The van der Waals surface area contributed by atoms with E-state index in [0.29, 0.717) is 10.5 Å². The van der Waals surface area contributed by atoms with Crippen LogP contribution in [0.5, 0.6) is 5.75 Å². The number of halogens is 3. The van der Waals surface area contributed by atoms with Crippen molar-refractivity contribution in [2.24, 2.45) is 0 Å². The maximum Gasteiger partial charge on any atom is 0.422 e. The van der Waals surface area contributed by atoms with Gasteiger partial charge in [0, 0.05) is 10.5 Å². The van der Waals surface area contributed by atoms with Gasteiger partial charge in [-0.1, -0.05) is 18.6 Å². The Bertz CT molecular complexity index is 503. The number of alkyl halides is 3. The second-order valence-corrected chi connectivity index (χ2v) is 7.78. The summed E-state index contributed by atoms with van der Waals surface area (Å²) in [5.74, 6) is 0.176. The molecule has 0 saturated carbocycles. The Morgan fingerprint density at radius 3 is 2.27 bits per heavy atom. The van der Waals surface area contributed by atoms with Crippen molar-refractivity contribution in [3.63, 3.8) is 0 Å². The lowest BCUT2D eigenvalue weighted by Crippen LogP contribution is -2.40. The second-order valence-electron chi connectivity index (χ2n) is 6.18. The summed E-state index contributed by atoms with van der Waals surface area (Å²) < 4.78 is 41.1. The van der Waals surface area contributed by atoms with Crippen LogP contribution in [0, 0.1) is 0 Å². The van der Waals surface area contributed by atoms with Crippen molar-refractivity contribution in [2.75, 3.05) is 6.61 Å². The Balaban J connectivity index is 1.69. The molecular formula is C16H19F3O2S. The van der Waals surface area contributed by atoms with Crippen LogP contribution < -0.4 is 4.74 Å². The lowest BCUT2D eigenvalue weighted by Gasteiger charge is -2.44. The monoisotopic (exact) mass is 332 g/mol. The van der Waals surface area contributed by atoms with E-state index in [4.69, 9.17) is 4.74 Å². The van der Waals surface area contributed by atoms with Crippen LogP contribution in [0.4, 0.5) is 13.2 Å². The fourth-order valence-corrected chi connectivity index (χ4v) is 5.27. The van der Waals surface area contributed by atoms with Crippen molar-refractivity contribution >= 4 is 11.8 Å². The minimum atomic E-state index is -4.34. The highest BCUT2D eigenvalue weighted by molar-refractivity contribution is 8.00. The lowest BCUT2D eigenvalue weighted by molar-refractivity contribution is -0.153. The van der Waals surface area contributed by atoms with Crippen LogP contribution in [0.3, 0.4) is 0 Å². The smallest absolute Gasteiger partial charge is 0.422 e. The van der Waals surface area contributed by atoms with Crippen molar-refractivity contribution < 1.29 is 23.0 Å². The molecule has 0 radical (unpaired) electrons. The molecule has 0 spiro atoms. The Morgan fingerprint density at radius 1 is 1.14 bits per heavy atom. The van der Waals surface area contributed by atoms with Gasteiger partial charge in [0.05, 0.1) is 5.60 Å². The molecular weight excluding hydrogens is 313 g/mol. The number of thioether (sulfide) groups is 1. The van der Waals surface area contributed by atoms with Crippen molar-refractivity contribution in [2.45, 2.75) is 54.4 Å². The first-order valence-electron chi connectivity index (χ1n) is 7.52. The first-order valence-corrected chi connectivity index (χ1v) is 8.46. The van der Waals surface area contributed by atoms with Crippen molar-refractivity contribution in [1.29, 1.82) is 0 Å². The summed E-state index contributed by atoms with van der Waals surface area (Å²) >= 11 is 1.97. The molecule has 3 rings (SSSR count). The van der Waals surface area contributed by atoms with E-state index >= 15 is 0 Å². The zero-order valence-electron chi connectivity index (χ0n) is 12.1. The zero-order valence-corrected chi connectivity index (χ0v) is 12.9. The van der Waals surface area contributed by atoms with Crippen molar-refractivity contribution in [3.05, 3.63) is 29.8 Å². The Kier molecular flexibility index (Phi) is 4.34. The summed E-state index contributed by atoms with van der Waals surface area (Å²) in [4.78, 5) is 0. The van der Waals surface area contributed by atoms with E-state index in [0.717, 1.165) is 31.2 Å². The summed E-state index contributed by atoms with van der Waals surface area (Å²) in [6, 6.07) is 6.40. The highest BCUT2D eigenvalue weighted by Gasteiger charge is 2.42. The minimum Gasteiger partial charge on any atom is -0.484 e. The minimum absolute atomic E-state index is 0.176. The Labute approximate surface area is 132 Å². The summed E-state index contributed by atoms with van der Waals surface area (Å²) in [5.41, 5.74) is -0.0760. The third-order valence-electron chi connectivity index (χ3n) is 4.36. The third-order valence-corrected chi connectivity index (χ3v) is 5.94. The van der Waals surface area contributed by atoms with Crippen LogP contribution in [0.1, 0.15) is 37.7 Å². The van der Waals surface area contributed by atoms with Crippen LogP contribution in [0.2, 0.25) is 0 Å². The largest absolute Gasteiger partial charge is 0.484 e. The molecule has 1 N–H and O–H groups in total. The molecule has 2 heterocycles. The first kappa shape index (κ1) is 16.0. The highest BCUT2D eigenvalue weighted by atomic mass is 32.2. The van der Waals surface area contributed by atoms with Gasteiger partial charge in [-0.05, 0) is 43.4 Å². The number of hydrogen-bond acceptors (Lipinski definition) is 3. The molecule has 2 aliphatic heterocycles. The number of hydrogen-bond donors (Lipinski definition) is 1. The van der Waals surface area contributed by atoms with E-state index in [2.05, 4.69) is 0 Å². The number of ether oxygens (including phenoxy) is 1. The topological polar surface area (TPSA) is 29.5 Å². The average Bonchev–Trinajstić information content (AvgIpc) is 2.44. The molecule has 2 saturated heterocycles. The van der Waals surface area contributed by atoms with Crippen LogP contribution in [0.15, 0.2) is 24.3 Å². The normalized spacial score (nSPS) is 31.8. The zero-order chi connectivity index (χ0) is 15.8. The fraction of sp³-hybridized carbons (Fsp3) is 0.625. The molecule has 2 nitrogen and oxygen atoms in total. The number of fused-ring (bicyclic) bond motifs is 2. The molecule has 122 valence electrons. The van der Waals surface area contributed by atoms with E-state index in [9.17, 15) is 18.3 Å². The SMILES string of the molecule is OC1(c2ccc(OCC(F)(F)F)cc2)CC2CCCC(C1)S2. The van der Waals surface area contributed by atoms with Crippen LogP contribution in [0.25, 0.3) is 0 Å². The van der Waals surface area contributed by atoms with E-state index in [1.165, 1.54) is 18.6 Å². The Hall–Kier alpha value is -0.880. The number of aliphatic hydroxyl groups is 1. The van der Waals surface area contributed by atoms with Gasteiger partial charge in [-0.2, -0.15) is 24.9 Å². The van der Waals surface area contributed by atoms with E-state index < -0.39 is 18.4 Å². The number of rotatable bonds is 3. The molecule has 0 aromatic heterocycles. The fourth-order valence-electron chi connectivity index (χ4n) is 3.38. The quantitative estimate of drug-likeness (QED) is 0.897. The summed E-state index contributed by atoms with van der Waals surface area (Å²) in [5, 5.41) is 11.9.